The van der Waals surface area contributed by atoms with Crippen LogP contribution < -0.4 is 10.5 Å². The summed E-state index contributed by atoms with van der Waals surface area (Å²) in [4.78, 5) is 49.0. The van der Waals surface area contributed by atoms with E-state index in [1.54, 1.807) is 4.90 Å². The van der Waals surface area contributed by atoms with Gasteiger partial charge in [-0.2, -0.15) is 26.3 Å². The van der Waals surface area contributed by atoms with Gasteiger partial charge < -0.3 is 30.7 Å². The molecule has 1 aliphatic heterocycles. The highest BCUT2D eigenvalue weighted by atomic mass is 19.4. The van der Waals surface area contributed by atoms with Crippen molar-refractivity contribution in [3.63, 3.8) is 0 Å². The van der Waals surface area contributed by atoms with Gasteiger partial charge in [0.05, 0.1) is 11.4 Å². The van der Waals surface area contributed by atoms with Crippen molar-refractivity contribution in [3.05, 3.63) is 71.4 Å². The number of benzene rings is 2. The molecule has 0 bridgehead atoms. The molecule has 11 nitrogen and oxygen atoms in total. The lowest BCUT2D eigenvalue weighted by Gasteiger charge is -2.30. The molecule has 2 aliphatic rings. The van der Waals surface area contributed by atoms with Gasteiger partial charge in [0.15, 0.2) is 0 Å². The van der Waals surface area contributed by atoms with Gasteiger partial charge in [0.1, 0.15) is 17.9 Å². The number of carboxylic acids is 3. The second-order valence-electron chi connectivity index (χ2n) is 11.0. The molecule has 3 aromatic rings. The van der Waals surface area contributed by atoms with Gasteiger partial charge in [-0.3, -0.25) is 14.6 Å². The molecule has 0 unspecified atom stereocenters. The van der Waals surface area contributed by atoms with E-state index in [2.05, 4.69) is 4.98 Å². The van der Waals surface area contributed by atoms with E-state index in [0.29, 0.717) is 38.2 Å². The van der Waals surface area contributed by atoms with Crippen LogP contribution in [0, 0.1) is 12.8 Å². The molecule has 3 atom stereocenters. The van der Waals surface area contributed by atoms with Crippen LogP contribution in [-0.2, 0) is 31.3 Å². The minimum atomic E-state index is -5.08. The van der Waals surface area contributed by atoms with Crippen molar-refractivity contribution in [1.82, 2.24) is 9.88 Å². The van der Waals surface area contributed by atoms with Gasteiger partial charge in [0.25, 0.3) is 0 Å². The molecule has 2 aromatic carbocycles. The third-order valence-corrected chi connectivity index (χ3v) is 7.77. The number of nitrogens with two attached hydrogens (primary N) is 1. The van der Waals surface area contributed by atoms with Crippen LogP contribution in [0.2, 0.25) is 0 Å². The van der Waals surface area contributed by atoms with Crippen molar-refractivity contribution >= 4 is 34.7 Å². The van der Waals surface area contributed by atoms with E-state index in [1.165, 1.54) is 0 Å². The Morgan fingerprint density at radius 3 is 2.06 bits per heavy atom. The molecule has 1 aromatic heterocycles. The van der Waals surface area contributed by atoms with Crippen molar-refractivity contribution in [2.45, 2.75) is 63.1 Å². The number of aliphatic carboxylic acids is 3. The number of ether oxygens (including phenoxy) is 1. The summed E-state index contributed by atoms with van der Waals surface area (Å²) in [6, 6.07) is 17.1. The number of carbonyl (C=O) groups is 4. The van der Waals surface area contributed by atoms with E-state index in [9.17, 15) is 41.0 Å². The highest BCUT2D eigenvalue weighted by Crippen LogP contribution is 2.38. The number of aromatic nitrogens is 1. The summed E-state index contributed by atoms with van der Waals surface area (Å²) >= 11 is 0. The smallest absolute Gasteiger partial charge is 0.489 e. The summed E-state index contributed by atoms with van der Waals surface area (Å²) in [5.41, 5.74) is 9.14. The predicted molar refractivity (Wildman–Crippen MR) is 156 cm³/mol. The fourth-order valence-electron chi connectivity index (χ4n) is 5.47. The molecule has 0 radical (unpaired) electrons. The number of hydrogen-bond acceptors (Lipinski definition) is 7. The van der Waals surface area contributed by atoms with Crippen LogP contribution >= 0.6 is 0 Å². The van der Waals surface area contributed by atoms with Crippen LogP contribution in [0.1, 0.15) is 42.5 Å². The van der Waals surface area contributed by atoms with Gasteiger partial charge in [-0.05, 0) is 56.0 Å². The zero-order valence-corrected chi connectivity index (χ0v) is 25.2. The standard InChI is InChI=1S/C27H29N3O4.2C2HF3O2/c1-17-15-18(21-5-2-3-7-23(21)29-17)16-34-20-11-9-19(10-12-20)27(28)13-14-30(26(27)33)24-8-4-6-22(24)25(31)32;2*3-2(4,5)1(6)7/h2-3,5,7,9-12,15,22,24H,4,6,8,13-14,16,28H2,1H3,(H,31,32);2*(H,6,7)/t22-,24+,27-;;/m0../s1. The molecule has 2 heterocycles. The Balaban J connectivity index is 0.000000376. The first-order valence-corrected chi connectivity index (χ1v) is 14.3. The number of aryl methyl sites for hydroxylation is 1. The number of carbonyl (C=O) groups excluding carboxylic acids is 1. The summed E-state index contributed by atoms with van der Waals surface area (Å²) in [6.07, 6.45) is -7.55. The summed E-state index contributed by atoms with van der Waals surface area (Å²) in [5, 5.41) is 24.8. The van der Waals surface area contributed by atoms with E-state index >= 15 is 0 Å². The van der Waals surface area contributed by atoms with E-state index in [1.807, 2.05) is 61.5 Å². The van der Waals surface area contributed by atoms with Gasteiger partial charge in [-0.1, -0.05) is 36.8 Å². The lowest BCUT2D eigenvalue weighted by molar-refractivity contribution is -0.193. The minimum Gasteiger partial charge on any atom is -0.489 e. The number of fused-ring (bicyclic) bond motifs is 1. The zero-order chi connectivity index (χ0) is 36.0. The maximum atomic E-state index is 13.3. The number of likely N-dealkylation sites (tertiary alicyclic amines) is 1. The summed E-state index contributed by atoms with van der Waals surface area (Å²) in [6.45, 7) is 2.86. The van der Waals surface area contributed by atoms with Gasteiger partial charge >= 0.3 is 30.3 Å². The molecule has 5 N–H and O–H groups in total. The molecule has 1 amide bonds. The molecule has 0 spiro atoms. The van der Waals surface area contributed by atoms with Crippen molar-refractivity contribution in [2.24, 2.45) is 11.7 Å². The first-order chi connectivity index (χ1) is 22.3. The van der Waals surface area contributed by atoms with Gasteiger partial charge in [-0.15, -0.1) is 0 Å². The van der Waals surface area contributed by atoms with E-state index in [4.69, 9.17) is 30.3 Å². The third-order valence-electron chi connectivity index (χ3n) is 7.77. The quantitative estimate of drug-likeness (QED) is 0.257. The Labute approximate surface area is 268 Å². The fourth-order valence-corrected chi connectivity index (χ4v) is 5.47. The van der Waals surface area contributed by atoms with Crippen molar-refractivity contribution < 1.29 is 65.6 Å². The number of carboxylic acid groups (broad SMARTS) is 3. The third kappa shape index (κ3) is 9.11. The van der Waals surface area contributed by atoms with Crippen LogP contribution in [0.15, 0.2) is 54.6 Å². The van der Waals surface area contributed by atoms with Crippen LogP contribution in [0.25, 0.3) is 10.9 Å². The zero-order valence-electron chi connectivity index (χ0n) is 25.2. The number of hydrogen-bond donors (Lipinski definition) is 4. The van der Waals surface area contributed by atoms with Crippen LogP contribution in [0.5, 0.6) is 5.75 Å². The van der Waals surface area contributed by atoms with Crippen molar-refractivity contribution in [3.8, 4) is 5.75 Å². The SMILES string of the molecule is Cc1cc(COc2ccc([C@@]3(N)CCN([C@@H]4CCC[C@@H]4C(=O)O)C3=O)cc2)c2ccccc2n1.O=C(O)C(F)(F)F.O=C(O)C(F)(F)F. The van der Waals surface area contributed by atoms with Crippen LogP contribution in [0.3, 0.4) is 0 Å². The molecule has 1 saturated heterocycles. The Morgan fingerprint density at radius 2 is 1.52 bits per heavy atom. The first kappa shape index (κ1) is 37.5. The van der Waals surface area contributed by atoms with Crippen LogP contribution in [0.4, 0.5) is 26.3 Å². The predicted octanol–water partition coefficient (Wildman–Crippen LogP) is 5.03. The minimum absolute atomic E-state index is 0.182. The van der Waals surface area contributed by atoms with Gasteiger partial charge in [0, 0.05) is 29.2 Å². The normalized spacial score (nSPS) is 20.8. The Kier molecular flexibility index (Phi) is 11.6. The molecular formula is C31H31F6N3O8. The largest absolute Gasteiger partial charge is 0.490 e. The fraction of sp³-hybridized carbons (Fsp3) is 0.387. The maximum Gasteiger partial charge on any atom is 0.490 e. The topological polar surface area (TPSA) is 180 Å². The molecule has 5 rings (SSSR count). The molecule has 17 heteroatoms. The second kappa shape index (κ2) is 14.9. The second-order valence-corrected chi connectivity index (χ2v) is 11.0. The monoisotopic (exact) mass is 687 g/mol. The van der Waals surface area contributed by atoms with Crippen molar-refractivity contribution in [2.75, 3.05) is 6.54 Å². The average molecular weight is 688 g/mol. The highest BCUT2D eigenvalue weighted by molar-refractivity contribution is 5.90. The van der Waals surface area contributed by atoms with E-state index in [-0.39, 0.29) is 11.9 Å². The number of amides is 1. The number of halogens is 6. The number of rotatable bonds is 6. The number of pyridine rings is 1. The number of para-hydroxylation sites is 1. The molecule has 2 fully saturated rings. The first-order valence-electron chi connectivity index (χ1n) is 14.3. The van der Waals surface area contributed by atoms with Gasteiger partial charge in [-0.25, -0.2) is 9.59 Å². The molecule has 48 heavy (non-hydrogen) atoms. The summed E-state index contributed by atoms with van der Waals surface area (Å²) < 4.78 is 69.5. The average Bonchev–Trinajstić information content (AvgIpc) is 3.61. The van der Waals surface area contributed by atoms with E-state index < -0.39 is 41.7 Å². The van der Waals surface area contributed by atoms with Crippen molar-refractivity contribution in [1.29, 1.82) is 0 Å². The Morgan fingerprint density at radius 1 is 0.958 bits per heavy atom. The molecule has 260 valence electrons. The summed E-state index contributed by atoms with van der Waals surface area (Å²) in [5.74, 6) is -6.34. The van der Waals surface area contributed by atoms with Gasteiger partial charge in [0.2, 0.25) is 5.91 Å². The maximum absolute atomic E-state index is 13.3. The molecular weight excluding hydrogens is 656 g/mol. The van der Waals surface area contributed by atoms with E-state index in [0.717, 1.165) is 34.1 Å². The Hall–Kier alpha value is -4.93. The number of nitrogens with zero attached hydrogens (tertiary/aromatic N) is 2. The lowest BCUT2D eigenvalue weighted by atomic mass is 9.89. The molecule has 1 saturated carbocycles. The lowest BCUT2D eigenvalue weighted by Crippen LogP contribution is -2.49. The highest BCUT2D eigenvalue weighted by Gasteiger charge is 2.50. The molecule has 1 aliphatic carbocycles. The Bertz CT molecular complexity index is 1620. The number of alkyl halides is 6. The van der Waals surface area contributed by atoms with Crippen LogP contribution in [-0.4, -0.2) is 74.0 Å². The summed E-state index contributed by atoms with van der Waals surface area (Å²) in [7, 11) is 0.